The van der Waals surface area contributed by atoms with E-state index < -0.39 is 24.0 Å². The monoisotopic (exact) mass is 232 g/mol. The number of aliphatic carboxylic acids is 1. The molecule has 2 atom stereocenters. The number of amides is 1. The first-order chi connectivity index (χ1) is 7.15. The normalized spacial score (nSPS) is 16.6. The van der Waals surface area contributed by atoms with E-state index in [1.54, 1.807) is 13.8 Å². The standard InChI is InChI=1S/C10H20N2O4/c1-6(2)8(11)9(15)12-5-10(3,16)4-7(13)14/h6,8,16H,4-5,11H2,1-3H3,(H,12,15)(H,13,14)/t8-,10?/m1/s1. The van der Waals surface area contributed by atoms with E-state index in [4.69, 9.17) is 10.8 Å². The van der Waals surface area contributed by atoms with Gasteiger partial charge in [-0.25, -0.2) is 0 Å². The summed E-state index contributed by atoms with van der Waals surface area (Å²) in [6.45, 7) is 4.83. The molecule has 94 valence electrons. The van der Waals surface area contributed by atoms with Crippen molar-refractivity contribution in [3.63, 3.8) is 0 Å². The van der Waals surface area contributed by atoms with Crippen LogP contribution in [0.1, 0.15) is 27.2 Å². The molecular weight excluding hydrogens is 212 g/mol. The molecule has 1 unspecified atom stereocenters. The molecule has 0 aromatic heterocycles. The number of carboxylic acids is 1. The van der Waals surface area contributed by atoms with Crippen molar-refractivity contribution >= 4 is 11.9 Å². The van der Waals surface area contributed by atoms with Crippen LogP contribution in [0.4, 0.5) is 0 Å². The summed E-state index contributed by atoms with van der Waals surface area (Å²) < 4.78 is 0. The minimum absolute atomic E-state index is 0.00979. The van der Waals surface area contributed by atoms with Gasteiger partial charge in [-0.1, -0.05) is 13.8 Å². The molecule has 0 radical (unpaired) electrons. The van der Waals surface area contributed by atoms with Gasteiger partial charge in [0.1, 0.15) is 0 Å². The third kappa shape index (κ3) is 5.67. The highest BCUT2D eigenvalue weighted by atomic mass is 16.4. The molecule has 0 aliphatic heterocycles. The fourth-order valence-electron chi connectivity index (χ4n) is 1.09. The highest BCUT2D eigenvalue weighted by Gasteiger charge is 2.26. The number of hydrogen-bond donors (Lipinski definition) is 4. The number of hydrogen-bond acceptors (Lipinski definition) is 4. The number of nitrogens with two attached hydrogens (primary N) is 1. The maximum atomic E-state index is 11.4. The molecule has 0 fully saturated rings. The summed E-state index contributed by atoms with van der Waals surface area (Å²) >= 11 is 0. The lowest BCUT2D eigenvalue weighted by Gasteiger charge is -2.23. The minimum Gasteiger partial charge on any atom is -0.481 e. The van der Waals surface area contributed by atoms with Crippen LogP contribution in [0.15, 0.2) is 0 Å². The van der Waals surface area contributed by atoms with Crippen LogP contribution in [0.2, 0.25) is 0 Å². The van der Waals surface area contributed by atoms with Crippen LogP contribution in [0.5, 0.6) is 0 Å². The van der Waals surface area contributed by atoms with Crippen LogP contribution < -0.4 is 11.1 Å². The van der Waals surface area contributed by atoms with Gasteiger partial charge in [-0.15, -0.1) is 0 Å². The third-order valence-corrected chi connectivity index (χ3v) is 2.20. The Morgan fingerprint density at radius 3 is 2.31 bits per heavy atom. The van der Waals surface area contributed by atoms with E-state index in [1.807, 2.05) is 0 Å². The number of rotatable bonds is 6. The van der Waals surface area contributed by atoms with E-state index in [1.165, 1.54) is 6.92 Å². The molecule has 0 heterocycles. The molecule has 6 nitrogen and oxygen atoms in total. The number of carbonyl (C=O) groups excluding carboxylic acids is 1. The summed E-state index contributed by atoms with van der Waals surface area (Å²) in [6, 6.07) is -0.652. The van der Waals surface area contributed by atoms with Crippen molar-refractivity contribution in [2.75, 3.05) is 6.54 Å². The molecule has 0 saturated carbocycles. The molecule has 0 aromatic rings. The molecular formula is C10H20N2O4. The zero-order valence-corrected chi connectivity index (χ0v) is 9.86. The Morgan fingerprint density at radius 2 is 1.94 bits per heavy atom. The maximum absolute atomic E-state index is 11.4. The van der Waals surface area contributed by atoms with Gasteiger partial charge in [0, 0.05) is 6.54 Å². The van der Waals surface area contributed by atoms with Crippen molar-refractivity contribution in [2.45, 2.75) is 38.8 Å². The molecule has 0 saturated heterocycles. The molecule has 0 aliphatic rings. The number of nitrogens with one attached hydrogen (secondary N) is 1. The number of carbonyl (C=O) groups is 2. The summed E-state index contributed by atoms with van der Waals surface area (Å²) in [6.07, 6.45) is -0.426. The van der Waals surface area contributed by atoms with Crippen molar-refractivity contribution in [1.29, 1.82) is 0 Å². The Kier molecular flexibility index (Phi) is 5.40. The smallest absolute Gasteiger partial charge is 0.306 e. The van der Waals surface area contributed by atoms with Crippen LogP contribution in [0.25, 0.3) is 0 Å². The molecule has 0 spiro atoms. The van der Waals surface area contributed by atoms with E-state index in [2.05, 4.69) is 5.32 Å². The van der Waals surface area contributed by atoms with Gasteiger partial charge in [-0.3, -0.25) is 9.59 Å². The predicted molar refractivity (Wildman–Crippen MR) is 58.7 cm³/mol. The SMILES string of the molecule is CC(C)[C@@H](N)C(=O)NCC(C)(O)CC(=O)O. The van der Waals surface area contributed by atoms with Crippen LogP contribution in [-0.2, 0) is 9.59 Å². The molecule has 0 rings (SSSR count). The first kappa shape index (κ1) is 14.9. The van der Waals surface area contributed by atoms with Gasteiger partial charge in [0.05, 0.1) is 18.1 Å². The van der Waals surface area contributed by atoms with Gasteiger partial charge >= 0.3 is 5.97 Å². The second-order valence-electron chi connectivity index (χ2n) is 4.56. The third-order valence-electron chi connectivity index (χ3n) is 2.20. The van der Waals surface area contributed by atoms with Crippen LogP contribution in [-0.4, -0.2) is 40.3 Å². The fourth-order valence-corrected chi connectivity index (χ4v) is 1.09. The summed E-state index contributed by atoms with van der Waals surface area (Å²) in [5, 5.41) is 20.6. The van der Waals surface area contributed by atoms with E-state index in [0.29, 0.717) is 0 Å². The minimum atomic E-state index is -1.46. The van der Waals surface area contributed by atoms with Crippen molar-refractivity contribution in [3.05, 3.63) is 0 Å². The highest BCUT2D eigenvalue weighted by molar-refractivity contribution is 5.81. The van der Waals surface area contributed by atoms with Gasteiger partial charge in [-0.2, -0.15) is 0 Å². The molecule has 0 bridgehead atoms. The van der Waals surface area contributed by atoms with E-state index in [-0.39, 0.29) is 18.4 Å². The Balaban J connectivity index is 4.14. The van der Waals surface area contributed by atoms with Crippen molar-refractivity contribution in [3.8, 4) is 0 Å². The zero-order chi connectivity index (χ0) is 12.9. The summed E-state index contributed by atoms with van der Waals surface area (Å²) in [5.74, 6) is -1.52. The van der Waals surface area contributed by atoms with Crippen LogP contribution >= 0.6 is 0 Å². The Morgan fingerprint density at radius 1 is 1.44 bits per heavy atom. The first-order valence-electron chi connectivity index (χ1n) is 5.13. The molecule has 16 heavy (non-hydrogen) atoms. The lowest BCUT2D eigenvalue weighted by Crippen LogP contribution is -2.49. The van der Waals surface area contributed by atoms with Gasteiger partial charge in [-0.05, 0) is 12.8 Å². The average Bonchev–Trinajstić information content (AvgIpc) is 2.10. The lowest BCUT2D eigenvalue weighted by atomic mass is 10.0. The zero-order valence-electron chi connectivity index (χ0n) is 9.86. The summed E-state index contributed by atoms with van der Waals surface area (Å²) in [5.41, 5.74) is 4.12. The van der Waals surface area contributed by atoms with Gasteiger partial charge < -0.3 is 21.3 Å². The topological polar surface area (TPSA) is 113 Å². The predicted octanol–water partition coefficient (Wildman–Crippen LogP) is -0.688. The fraction of sp³-hybridized carbons (Fsp3) is 0.800. The molecule has 0 aromatic carbocycles. The van der Waals surface area contributed by atoms with Crippen molar-refractivity contribution in [1.82, 2.24) is 5.32 Å². The van der Waals surface area contributed by atoms with Gasteiger partial charge in [0.25, 0.3) is 0 Å². The first-order valence-corrected chi connectivity index (χ1v) is 5.13. The van der Waals surface area contributed by atoms with Gasteiger partial charge in [0.2, 0.25) is 5.91 Å². The van der Waals surface area contributed by atoms with Crippen LogP contribution in [0, 0.1) is 5.92 Å². The second kappa shape index (κ2) is 5.81. The highest BCUT2D eigenvalue weighted by Crippen LogP contribution is 2.07. The Bertz CT molecular complexity index is 264. The Hall–Kier alpha value is -1.14. The van der Waals surface area contributed by atoms with E-state index >= 15 is 0 Å². The molecule has 6 heteroatoms. The quantitative estimate of drug-likeness (QED) is 0.484. The average molecular weight is 232 g/mol. The lowest BCUT2D eigenvalue weighted by molar-refractivity contribution is -0.142. The molecule has 0 aliphatic carbocycles. The summed E-state index contributed by atoms with van der Waals surface area (Å²) in [4.78, 5) is 21.8. The number of aliphatic hydroxyl groups is 1. The van der Waals surface area contributed by atoms with Crippen molar-refractivity contribution < 1.29 is 19.8 Å². The molecule has 5 N–H and O–H groups in total. The second-order valence-corrected chi connectivity index (χ2v) is 4.56. The van der Waals surface area contributed by atoms with Crippen LogP contribution in [0.3, 0.4) is 0 Å². The largest absolute Gasteiger partial charge is 0.481 e. The van der Waals surface area contributed by atoms with E-state index in [9.17, 15) is 14.7 Å². The number of carboxylic acid groups (broad SMARTS) is 1. The van der Waals surface area contributed by atoms with E-state index in [0.717, 1.165) is 0 Å². The Labute approximate surface area is 94.8 Å². The van der Waals surface area contributed by atoms with Gasteiger partial charge in [0.15, 0.2) is 0 Å². The molecule has 1 amide bonds. The van der Waals surface area contributed by atoms with Crippen molar-refractivity contribution in [2.24, 2.45) is 11.7 Å². The summed E-state index contributed by atoms with van der Waals surface area (Å²) in [7, 11) is 0. The maximum Gasteiger partial charge on any atom is 0.306 e.